The predicted molar refractivity (Wildman–Crippen MR) is 84.3 cm³/mol. The number of nitrogens with two attached hydrogens (primary N) is 1. The van der Waals surface area contributed by atoms with E-state index in [1.165, 1.54) is 12.8 Å². The fourth-order valence-electron chi connectivity index (χ4n) is 1.84. The maximum Gasteiger partial charge on any atom is 0.224 e. The van der Waals surface area contributed by atoms with Crippen molar-refractivity contribution in [2.24, 2.45) is 5.73 Å². The molecule has 3 N–H and O–H groups in total. The van der Waals surface area contributed by atoms with Gasteiger partial charge in [-0.1, -0.05) is 50.5 Å². The largest absolute Gasteiger partial charge is 0.393 e. The molecule has 0 fully saturated rings. The van der Waals surface area contributed by atoms with Crippen LogP contribution in [0.3, 0.4) is 0 Å². The molecule has 0 saturated heterocycles. The summed E-state index contributed by atoms with van der Waals surface area (Å²) in [6, 6.07) is 7.65. The molecule has 0 saturated carbocycles. The number of unbranched alkanes of at least 4 members (excludes halogenated alkanes) is 3. The molecule has 1 aromatic carbocycles. The van der Waals surface area contributed by atoms with E-state index < -0.39 is 0 Å². The number of benzene rings is 1. The summed E-state index contributed by atoms with van der Waals surface area (Å²) in [6.07, 6.45) is 5.65. The third-order valence-corrected chi connectivity index (χ3v) is 3.02. The molecule has 3 nitrogen and oxygen atoms in total. The Morgan fingerprint density at radius 2 is 1.89 bits per heavy atom. The van der Waals surface area contributed by atoms with Crippen LogP contribution < -0.4 is 11.1 Å². The Balaban J connectivity index is 2.36. The Hall–Kier alpha value is -1.42. The highest BCUT2D eigenvalue weighted by atomic mass is 32.1. The summed E-state index contributed by atoms with van der Waals surface area (Å²) in [7, 11) is 0. The zero-order valence-electron chi connectivity index (χ0n) is 11.4. The molecule has 0 radical (unpaired) electrons. The molecule has 0 aliphatic carbocycles. The van der Waals surface area contributed by atoms with Gasteiger partial charge < -0.3 is 11.1 Å². The molecule has 0 atom stereocenters. The standard InChI is InChI=1S/C15H22N2OS/c1-2-3-4-5-6-15(18)17-13-9-7-12(8-10-13)11-14(16)19/h7-10H,2-6,11H2,1H3,(H2,16,19)(H,17,18). The van der Waals surface area contributed by atoms with E-state index in [1.807, 2.05) is 24.3 Å². The van der Waals surface area contributed by atoms with Gasteiger partial charge in [0.25, 0.3) is 0 Å². The third kappa shape index (κ3) is 6.91. The molecule has 0 aliphatic rings. The van der Waals surface area contributed by atoms with Crippen LogP contribution in [-0.4, -0.2) is 10.9 Å². The molecule has 0 aromatic heterocycles. The number of hydrogen-bond donors (Lipinski definition) is 2. The van der Waals surface area contributed by atoms with Crippen molar-refractivity contribution in [1.29, 1.82) is 0 Å². The fraction of sp³-hybridized carbons (Fsp3) is 0.467. The van der Waals surface area contributed by atoms with Crippen LogP contribution in [0.2, 0.25) is 0 Å². The highest BCUT2D eigenvalue weighted by Crippen LogP contribution is 2.11. The zero-order chi connectivity index (χ0) is 14.1. The van der Waals surface area contributed by atoms with Gasteiger partial charge in [-0.15, -0.1) is 0 Å². The molecule has 0 spiro atoms. The number of amides is 1. The summed E-state index contributed by atoms with van der Waals surface area (Å²) < 4.78 is 0. The first kappa shape index (κ1) is 15.6. The maximum atomic E-state index is 11.7. The number of carbonyl (C=O) groups is 1. The molecular weight excluding hydrogens is 256 g/mol. The number of anilines is 1. The van der Waals surface area contributed by atoms with Crippen molar-refractivity contribution in [1.82, 2.24) is 0 Å². The van der Waals surface area contributed by atoms with E-state index in [-0.39, 0.29) is 5.91 Å². The lowest BCUT2D eigenvalue weighted by atomic mass is 10.1. The molecule has 4 heteroatoms. The average Bonchev–Trinajstić information content (AvgIpc) is 2.36. The number of hydrogen-bond acceptors (Lipinski definition) is 2. The van der Waals surface area contributed by atoms with Crippen LogP contribution in [0.4, 0.5) is 5.69 Å². The first-order chi connectivity index (χ1) is 9.11. The average molecular weight is 278 g/mol. The first-order valence-corrected chi connectivity index (χ1v) is 7.19. The van der Waals surface area contributed by atoms with E-state index in [0.717, 1.165) is 24.1 Å². The van der Waals surface area contributed by atoms with Crippen molar-refractivity contribution >= 4 is 28.8 Å². The van der Waals surface area contributed by atoms with Crippen LogP contribution in [0.1, 0.15) is 44.6 Å². The summed E-state index contributed by atoms with van der Waals surface area (Å²) in [6.45, 7) is 2.16. The van der Waals surface area contributed by atoms with E-state index in [0.29, 0.717) is 17.8 Å². The number of thiocarbonyl (C=S) groups is 1. The molecule has 1 aromatic rings. The van der Waals surface area contributed by atoms with Gasteiger partial charge in [0.2, 0.25) is 5.91 Å². The number of nitrogens with one attached hydrogen (secondary N) is 1. The normalized spacial score (nSPS) is 10.2. The van der Waals surface area contributed by atoms with Crippen molar-refractivity contribution in [2.45, 2.75) is 45.4 Å². The lowest BCUT2D eigenvalue weighted by molar-refractivity contribution is -0.116. The Bertz CT molecular complexity index is 415. The molecule has 0 aliphatic heterocycles. The zero-order valence-corrected chi connectivity index (χ0v) is 12.3. The highest BCUT2D eigenvalue weighted by Gasteiger charge is 2.02. The van der Waals surface area contributed by atoms with Crippen LogP contribution in [0, 0.1) is 0 Å². The summed E-state index contributed by atoms with van der Waals surface area (Å²) in [4.78, 5) is 12.2. The Labute approximate surface area is 120 Å². The van der Waals surface area contributed by atoms with Crippen LogP contribution in [-0.2, 0) is 11.2 Å². The molecule has 1 amide bonds. The molecule has 1 rings (SSSR count). The van der Waals surface area contributed by atoms with E-state index in [1.54, 1.807) is 0 Å². The fourth-order valence-corrected chi connectivity index (χ4v) is 2.01. The summed E-state index contributed by atoms with van der Waals surface area (Å²) in [5.74, 6) is 0.0817. The minimum atomic E-state index is 0.0817. The summed E-state index contributed by atoms with van der Waals surface area (Å²) in [5.41, 5.74) is 7.37. The van der Waals surface area contributed by atoms with Crippen molar-refractivity contribution < 1.29 is 4.79 Å². The second-order valence-corrected chi connectivity index (χ2v) is 5.22. The molecule has 19 heavy (non-hydrogen) atoms. The smallest absolute Gasteiger partial charge is 0.224 e. The topological polar surface area (TPSA) is 55.1 Å². The monoisotopic (exact) mass is 278 g/mol. The highest BCUT2D eigenvalue weighted by molar-refractivity contribution is 7.80. The van der Waals surface area contributed by atoms with Crippen LogP contribution in [0.5, 0.6) is 0 Å². The predicted octanol–water partition coefficient (Wildman–Crippen LogP) is 3.42. The van der Waals surface area contributed by atoms with Crippen molar-refractivity contribution in [3.63, 3.8) is 0 Å². The van der Waals surface area contributed by atoms with E-state index in [9.17, 15) is 4.79 Å². The van der Waals surface area contributed by atoms with E-state index >= 15 is 0 Å². The van der Waals surface area contributed by atoms with Gasteiger partial charge >= 0.3 is 0 Å². The minimum Gasteiger partial charge on any atom is -0.393 e. The number of rotatable bonds is 8. The van der Waals surface area contributed by atoms with Crippen molar-refractivity contribution in [3.8, 4) is 0 Å². The van der Waals surface area contributed by atoms with E-state index in [2.05, 4.69) is 12.2 Å². The summed E-state index contributed by atoms with van der Waals surface area (Å²) >= 11 is 4.86. The van der Waals surface area contributed by atoms with Gasteiger partial charge in [-0.25, -0.2) is 0 Å². The Kier molecular flexibility index (Phi) is 7.11. The Morgan fingerprint density at radius 1 is 1.21 bits per heavy atom. The van der Waals surface area contributed by atoms with Gasteiger partial charge in [-0.05, 0) is 24.1 Å². The van der Waals surface area contributed by atoms with Crippen molar-refractivity contribution in [2.75, 3.05) is 5.32 Å². The van der Waals surface area contributed by atoms with E-state index in [4.69, 9.17) is 18.0 Å². The third-order valence-electron chi connectivity index (χ3n) is 2.87. The molecule has 104 valence electrons. The second kappa shape index (κ2) is 8.64. The lowest BCUT2D eigenvalue weighted by Crippen LogP contribution is -2.12. The molecular formula is C15H22N2OS. The number of carbonyl (C=O) groups excluding carboxylic acids is 1. The van der Waals surface area contributed by atoms with Gasteiger partial charge in [-0.2, -0.15) is 0 Å². The first-order valence-electron chi connectivity index (χ1n) is 6.79. The van der Waals surface area contributed by atoms with Gasteiger partial charge in [0.05, 0.1) is 4.99 Å². The molecule has 0 bridgehead atoms. The molecule has 0 unspecified atom stereocenters. The van der Waals surface area contributed by atoms with Crippen LogP contribution in [0.15, 0.2) is 24.3 Å². The Morgan fingerprint density at radius 3 is 2.47 bits per heavy atom. The van der Waals surface area contributed by atoms with Gasteiger partial charge in [0, 0.05) is 18.5 Å². The summed E-state index contributed by atoms with van der Waals surface area (Å²) in [5, 5.41) is 2.90. The quantitative estimate of drug-likeness (QED) is 0.566. The minimum absolute atomic E-state index is 0.0817. The van der Waals surface area contributed by atoms with Crippen LogP contribution >= 0.6 is 12.2 Å². The second-order valence-electron chi connectivity index (χ2n) is 4.70. The lowest BCUT2D eigenvalue weighted by Gasteiger charge is -2.06. The maximum absolute atomic E-state index is 11.7. The van der Waals surface area contributed by atoms with Crippen LogP contribution in [0.25, 0.3) is 0 Å². The molecule has 0 heterocycles. The van der Waals surface area contributed by atoms with Crippen molar-refractivity contribution in [3.05, 3.63) is 29.8 Å². The van der Waals surface area contributed by atoms with Gasteiger partial charge in [-0.3, -0.25) is 4.79 Å². The SMILES string of the molecule is CCCCCCC(=O)Nc1ccc(CC(N)=S)cc1. The van der Waals surface area contributed by atoms with Gasteiger partial charge in [0.1, 0.15) is 0 Å². The van der Waals surface area contributed by atoms with Gasteiger partial charge in [0.15, 0.2) is 0 Å².